The Kier molecular flexibility index (Phi) is 4.01. The Morgan fingerprint density at radius 3 is 2.19 bits per heavy atom. The Bertz CT molecular complexity index is 989. The van der Waals surface area contributed by atoms with Gasteiger partial charge in [-0.25, -0.2) is 14.5 Å². The van der Waals surface area contributed by atoms with Gasteiger partial charge in [0.05, 0.1) is 12.1 Å². The lowest BCUT2D eigenvalue weighted by molar-refractivity contribution is -0.131. The van der Waals surface area contributed by atoms with Gasteiger partial charge in [0, 0.05) is 0 Å². The Balaban J connectivity index is 1.67. The number of esters is 1. The monoisotopic (exact) mass is 349 g/mol. The topological polar surface area (TPSA) is 72.9 Å². The fourth-order valence-corrected chi connectivity index (χ4v) is 3.13. The fourth-order valence-electron chi connectivity index (χ4n) is 3.13. The smallest absolute Gasteiger partial charge is 0.416 e. The van der Waals surface area contributed by atoms with Crippen LogP contribution in [-0.2, 0) is 14.3 Å². The molecule has 0 N–H and O–H groups in total. The Morgan fingerprint density at radius 2 is 1.62 bits per heavy atom. The lowest BCUT2D eigenvalue weighted by Crippen LogP contribution is -2.35. The maximum absolute atomic E-state index is 12.8. The molecule has 6 heteroatoms. The fraction of sp³-hybridized carbons (Fsp3) is 0.150. The third kappa shape index (κ3) is 2.75. The van der Waals surface area contributed by atoms with Crippen LogP contribution < -0.4 is 0 Å². The quantitative estimate of drug-likeness (QED) is 0.536. The molecule has 3 aromatic rings. The lowest BCUT2D eigenvalue weighted by atomic mass is 9.97. The van der Waals surface area contributed by atoms with Crippen LogP contribution in [0.15, 0.2) is 54.6 Å². The number of ether oxygens (including phenoxy) is 2. The first kappa shape index (κ1) is 16.1. The second-order valence-electron chi connectivity index (χ2n) is 5.93. The van der Waals surface area contributed by atoms with E-state index in [4.69, 9.17) is 9.47 Å². The molecule has 1 aliphatic rings. The number of cyclic esters (lactones) is 1. The third-order valence-electron chi connectivity index (χ3n) is 4.36. The zero-order chi connectivity index (χ0) is 18.1. The summed E-state index contributed by atoms with van der Waals surface area (Å²) in [6.45, 7) is -0.176. The minimum absolute atomic E-state index is 0.159. The van der Waals surface area contributed by atoms with Gasteiger partial charge in [0.15, 0.2) is 6.61 Å². The average molecular weight is 349 g/mol. The number of fused-ring (bicyclic) bond motifs is 2. The van der Waals surface area contributed by atoms with E-state index in [1.807, 2.05) is 54.6 Å². The molecule has 0 spiro atoms. The molecule has 1 aliphatic heterocycles. The number of rotatable bonds is 3. The SMILES string of the molecule is O=C(OCC(=O)N1CCOC1=O)c1c2ccccc2cc2ccccc12. The Hall–Kier alpha value is -3.41. The molecular weight excluding hydrogens is 334 g/mol. The second-order valence-corrected chi connectivity index (χ2v) is 5.93. The van der Waals surface area contributed by atoms with Gasteiger partial charge in [0.2, 0.25) is 0 Å². The van der Waals surface area contributed by atoms with Gasteiger partial charge in [-0.3, -0.25) is 4.79 Å². The number of amides is 2. The van der Waals surface area contributed by atoms with E-state index < -0.39 is 24.6 Å². The lowest BCUT2D eigenvalue weighted by Gasteiger charge is -2.13. The van der Waals surface area contributed by atoms with Crippen molar-refractivity contribution in [3.8, 4) is 0 Å². The number of nitrogens with zero attached hydrogens (tertiary/aromatic N) is 1. The summed E-state index contributed by atoms with van der Waals surface area (Å²) in [6, 6.07) is 17.0. The predicted molar refractivity (Wildman–Crippen MR) is 94.8 cm³/mol. The summed E-state index contributed by atoms with van der Waals surface area (Å²) in [4.78, 5) is 37.2. The first-order valence-corrected chi connectivity index (χ1v) is 8.20. The Labute approximate surface area is 148 Å². The minimum Gasteiger partial charge on any atom is -0.452 e. The largest absolute Gasteiger partial charge is 0.452 e. The van der Waals surface area contributed by atoms with E-state index in [0.717, 1.165) is 26.4 Å². The molecule has 0 radical (unpaired) electrons. The second kappa shape index (κ2) is 6.48. The molecule has 3 aromatic carbocycles. The van der Waals surface area contributed by atoms with Crippen molar-refractivity contribution < 1.29 is 23.9 Å². The molecule has 0 saturated carbocycles. The highest BCUT2D eigenvalue weighted by Gasteiger charge is 2.29. The van der Waals surface area contributed by atoms with Gasteiger partial charge in [-0.15, -0.1) is 0 Å². The molecule has 2 amide bonds. The number of carbonyl (C=O) groups excluding carboxylic acids is 3. The summed E-state index contributed by atoms with van der Waals surface area (Å²) in [7, 11) is 0. The van der Waals surface area contributed by atoms with E-state index in [0.29, 0.717) is 5.56 Å². The highest BCUT2D eigenvalue weighted by Crippen LogP contribution is 2.29. The first-order chi connectivity index (χ1) is 12.6. The van der Waals surface area contributed by atoms with Gasteiger partial charge in [-0.2, -0.15) is 0 Å². The predicted octanol–water partition coefficient (Wildman–Crippen LogP) is 3.13. The van der Waals surface area contributed by atoms with Crippen LogP contribution in [0.4, 0.5) is 4.79 Å². The van der Waals surface area contributed by atoms with Crippen LogP contribution >= 0.6 is 0 Å². The summed E-state index contributed by atoms with van der Waals surface area (Å²) in [6.07, 6.45) is -0.707. The number of benzene rings is 3. The maximum Gasteiger partial charge on any atom is 0.416 e. The van der Waals surface area contributed by atoms with Crippen molar-refractivity contribution in [2.24, 2.45) is 0 Å². The molecule has 1 fully saturated rings. The molecule has 130 valence electrons. The van der Waals surface area contributed by atoms with Crippen molar-refractivity contribution in [2.75, 3.05) is 19.8 Å². The van der Waals surface area contributed by atoms with Gasteiger partial charge in [-0.1, -0.05) is 48.5 Å². The number of carbonyl (C=O) groups is 3. The molecule has 26 heavy (non-hydrogen) atoms. The molecule has 1 saturated heterocycles. The van der Waals surface area contributed by atoms with E-state index in [2.05, 4.69) is 0 Å². The summed E-state index contributed by atoms with van der Waals surface area (Å²) >= 11 is 0. The molecular formula is C20H15NO5. The zero-order valence-corrected chi connectivity index (χ0v) is 13.8. The molecule has 1 heterocycles. The van der Waals surface area contributed by atoms with E-state index >= 15 is 0 Å². The van der Waals surface area contributed by atoms with E-state index in [1.165, 1.54) is 0 Å². The first-order valence-electron chi connectivity index (χ1n) is 8.20. The van der Waals surface area contributed by atoms with Crippen LogP contribution in [0.1, 0.15) is 10.4 Å². The van der Waals surface area contributed by atoms with Gasteiger partial charge in [0.1, 0.15) is 6.61 Å². The van der Waals surface area contributed by atoms with Crippen molar-refractivity contribution >= 4 is 39.5 Å². The normalized spacial score (nSPS) is 13.8. The van der Waals surface area contributed by atoms with Crippen LogP contribution in [0, 0.1) is 0 Å². The van der Waals surface area contributed by atoms with Crippen molar-refractivity contribution in [1.82, 2.24) is 4.90 Å². The summed E-state index contributed by atoms with van der Waals surface area (Å²) < 4.78 is 9.95. The Morgan fingerprint density at radius 1 is 1.00 bits per heavy atom. The minimum atomic E-state index is -0.707. The standard InChI is InChI=1S/C20H15NO5/c22-17(21-9-10-25-20(21)24)12-26-19(23)18-15-7-3-1-5-13(15)11-14-6-2-4-8-16(14)18/h1-8,11H,9-10,12H2. The molecule has 0 aliphatic carbocycles. The summed E-state index contributed by atoms with van der Waals surface area (Å²) in [5.41, 5.74) is 0.412. The van der Waals surface area contributed by atoms with Gasteiger partial charge in [0.25, 0.3) is 5.91 Å². The average Bonchev–Trinajstić information content (AvgIpc) is 3.10. The van der Waals surface area contributed by atoms with Crippen LogP contribution in [0.5, 0.6) is 0 Å². The van der Waals surface area contributed by atoms with E-state index in [-0.39, 0.29) is 13.2 Å². The van der Waals surface area contributed by atoms with Crippen LogP contribution in [-0.4, -0.2) is 42.6 Å². The van der Waals surface area contributed by atoms with Crippen LogP contribution in [0.3, 0.4) is 0 Å². The van der Waals surface area contributed by atoms with Gasteiger partial charge in [-0.05, 0) is 27.6 Å². The van der Waals surface area contributed by atoms with Gasteiger partial charge >= 0.3 is 12.1 Å². The van der Waals surface area contributed by atoms with Crippen molar-refractivity contribution in [2.45, 2.75) is 0 Å². The summed E-state index contributed by atoms with van der Waals surface area (Å²) in [5.74, 6) is -1.19. The van der Waals surface area contributed by atoms with Crippen LogP contribution in [0.25, 0.3) is 21.5 Å². The van der Waals surface area contributed by atoms with Crippen molar-refractivity contribution in [1.29, 1.82) is 0 Å². The number of hydrogen-bond donors (Lipinski definition) is 0. The molecule has 0 atom stereocenters. The van der Waals surface area contributed by atoms with Crippen molar-refractivity contribution in [3.63, 3.8) is 0 Å². The summed E-state index contributed by atoms with van der Waals surface area (Å²) in [5, 5.41) is 3.33. The van der Waals surface area contributed by atoms with E-state index in [9.17, 15) is 14.4 Å². The number of imide groups is 1. The molecule has 4 rings (SSSR count). The van der Waals surface area contributed by atoms with Crippen LogP contribution in [0.2, 0.25) is 0 Å². The molecule has 0 bridgehead atoms. The number of hydrogen-bond acceptors (Lipinski definition) is 5. The molecule has 6 nitrogen and oxygen atoms in total. The zero-order valence-electron chi connectivity index (χ0n) is 13.8. The van der Waals surface area contributed by atoms with Gasteiger partial charge < -0.3 is 9.47 Å². The highest BCUT2D eigenvalue weighted by molar-refractivity contribution is 6.16. The molecule has 0 aromatic heterocycles. The van der Waals surface area contributed by atoms with E-state index in [1.54, 1.807) is 0 Å². The van der Waals surface area contributed by atoms with Crippen molar-refractivity contribution in [3.05, 3.63) is 60.2 Å². The third-order valence-corrected chi connectivity index (χ3v) is 4.36. The maximum atomic E-state index is 12.8. The highest BCUT2D eigenvalue weighted by atomic mass is 16.6. The molecule has 0 unspecified atom stereocenters.